The Morgan fingerprint density at radius 1 is 1.03 bits per heavy atom. The molecule has 3 aromatic carbocycles. The molecule has 7 heteroatoms. The summed E-state index contributed by atoms with van der Waals surface area (Å²) in [7, 11) is 0. The van der Waals surface area contributed by atoms with E-state index in [1.807, 2.05) is 55.5 Å². The van der Waals surface area contributed by atoms with Crippen LogP contribution in [0.4, 0.5) is 0 Å². The molecule has 4 aromatic rings. The molecule has 1 saturated carbocycles. The van der Waals surface area contributed by atoms with E-state index in [4.69, 9.17) is 14.5 Å². The highest BCUT2D eigenvalue weighted by Gasteiger charge is 2.22. The fraction of sp³-hybridized carbons (Fsp3) is 0.323. The van der Waals surface area contributed by atoms with Gasteiger partial charge < -0.3 is 9.47 Å². The molecule has 1 aromatic heterocycles. The van der Waals surface area contributed by atoms with Crippen LogP contribution in [-0.2, 0) is 6.61 Å². The van der Waals surface area contributed by atoms with E-state index in [2.05, 4.69) is 40.1 Å². The van der Waals surface area contributed by atoms with Crippen LogP contribution in [0.3, 0.4) is 0 Å². The van der Waals surface area contributed by atoms with E-state index in [0.29, 0.717) is 30.1 Å². The lowest BCUT2D eigenvalue weighted by Crippen LogP contribution is -2.25. The van der Waals surface area contributed by atoms with Gasteiger partial charge in [0.2, 0.25) is 0 Å². The second-order valence-electron chi connectivity index (χ2n) is 9.71. The standard InChI is InChI=1S/C31H32BrN3O3/c1-3-37-28-17-24(26(32)18-29(28)38-20-22-11-9-10-21(2)16-22)19-33-35-30(23-12-5-4-6-13-23)34-27-15-8-7-14-25(27)31(35)36/h7-11,14-19,23H,3-6,12-13,20H2,1-2H3. The van der Waals surface area contributed by atoms with Crippen LogP contribution < -0.4 is 15.0 Å². The quantitative estimate of drug-likeness (QED) is 0.206. The van der Waals surface area contributed by atoms with Crippen molar-refractivity contribution in [2.24, 2.45) is 5.10 Å². The highest BCUT2D eigenvalue weighted by molar-refractivity contribution is 9.10. The Bertz CT molecular complexity index is 1520. The van der Waals surface area contributed by atoms with Gasteiger partial charge in [0, 0.05) is 16.0 Å². The van der Waals surface area contributed by atoms with Crippen molar-refractivity contribution < 1.29 is 9.47 Å². The van der Waals surface area contributed by atoms with E-state index in [1.54, 1.807) is 6.21 Å². The Balaban J connectivity index is 1.49. The van der Waals surface area contributed by atoms with Gasteiger partial charge in [0.05, 0.1) is 23.7 Å². The monoisotopic (exact) mass is 573 g/mol. The third kappa shape index (κ3) is 5.83. The summed E-state index contributed by atoms with van der Waals surface area (Å²) in [5.74, 6) is 2.23. The van der Waals surface area contributed by atoms with E-state index in [1.165, 1.54) is 16.7 Å². The molecular formula is C31H32BrN3O3. The molecule has 1 heterocycles. The molecular weight excluding hydrogens is 542 g/mol. The van der Waals surface area contributed by atoms with Crippen LogP contribution in [0.1, 0.15) is 67.5 Å². The van der Waals surface area contributed by atoms with Crippen molar-refractivity contribution in [3.05, 3.63) is 98.0 Å². The second kappa shape index (κ2) is 11.9. The van der Waals surface area contributed by atoms with Gasteiger partial charge in [0.15, 0.2) is 11.5 Å². The molecule has 0 atom stereocenters. The molecule has 0 amide bonds. The van der Waals surface area contributed by atoms with Crippen LogP contribution in [0.25, 0.3) is 10.9 Å². The van der Waals surface area contributed by atoms with Gasteiger partial charge >= 0.3 is 0 Å². The summed E-state index contributed by atoms with van der Waals surface area (Å²) >= 11 is 3.67. The largest absolute Gasteiger partial charge is 0.490 e. The van der Waals surface area contributed by atoms with Gasteiger partial charge in [-0.25, -0.2) is 4.98 Å². The number of ether oxygens (including phenoxy) is 2. The first kappa shape index (κ1) is 26.2. The number of aromatic nitrogens is 2. The Morgan fingerprint density at radius 3 is 2.61 bits per heavy atom. The number of aryl methyl sites for hydroxylation is 1. The lowest BCUT2D eigenvalue weighted by atomic mass is 9.88. The van der Waals surface area contributed by atoms with Crippen molar-refractivity contribution in [3.63, 3.8) is 0 Å². The highest BCUT2D eigenvalue weighted by Crippen LogP contribution is 2.35. The van der Waals surface area contributed by atoms with Crippen molar-refractivity contribution in [1.29, 1.82) is 0 Å². The second-order valence-corrected chi connectivity index (χ2v) is 10.6. The van der Waals surface area contributed by atoms with E-state index >= 15 is 0 Å². The number of rotatable bonds is 8. The normalized spacial score (nSPS) is 14.3. The minimum absolute atomic E-state index is 0.147. The summed E-state index contributed by atoms with van der Waals surface area (Å²) in [5, 5.41) is 5.25. The minimum atomic E-state index is -0.147. The smallest absolute Gasteiger partial charge is 0.282 e. The first-order valence-corrected chi connectivity index (χ1v) is 14.0. The maximum atomic E-state index is 13.5. The molecule has 38 heavy (non-hydrogen) atoms. The zero-order valence-electron chi connectivity index (χ0n) is 21.8. The van der Waals surface area contributed by atoms with Crippen LogP contribution >= 0.6 is 15.9 Å². The number of benzene rings is 3. The van der Waals surface area contributed by atoms with Crippen molar-refractivity contribution in [1.82, 2.24) is 9.66 Å². The lowest BCUT2D eigenvalue weighted by molar-refractivity contribution is 0.269. The molecule has 5 rings (SSSR count). The number of hydrogen-bond acceptors (Lipinski definition) is 5. The zero-order valence-corrected chi connectivity index (χ0v) is 23.4. The van der Waals surface area contributed by atoms with E-state index in [9.17, 15) is 4.79 Å². The maximum absolute atomic E-state index is 13.5. The molecule has 0 saturated heterocycles. The summed E-state index contributed by atoms with van der Waals surface area (Å²) in [6.45, 7) is 4.94. The van der Waals surface area contributed by atoms with Crippen molar-refractivity contribution in [2.75, 3.05) is 6.61 Å². The molecule has 0 bridgehead atoms. The molecule has 0 spiro atoms. The molecule has 0 aliphatic heterocycles. The topological polar surface area (TPSA) is 65.7 Å². The minimum Gasteiger partial charge on any atom is -0.490 e. The highest BCUT2D eigenvalue weighted by atomic mass is 79.9. The lowest BCUT2D eigenvalue weighted by Gasteiger charge is -2.22. The summed E-state index contributed by atoms with van der Waals surface area (Å²) in [6.07, 6.45) is 7.25. The number of hydrogen-bond donors (Lipinski definition) is 0. The molecule has 0 unspecified atom stereocenters. The average molecular weight is 575 g/mol. The van der Waals surface area contributed by atoms with Gasteiger partial charge in [-0.3, -0.25) is 4.79 Å². The van der Waals surface area contributed by atoms with Gasteiger partial charge in [-0.05, 0) is 72.4 Å². The van der Waals surface area contributed by atoms with Gasteiger partial charge in [-0.15, -0.1) is 0 Å². The summed E-state index contributed by atoms with van der Waals surface area (Å²) < 4.78 is 14.3. The van der Waals surface area contributed by atoms with Crippen LogP contribution in [-0.4, -0.2) is 22.5 Å². The van der Waals surface area contributed by atoms with Gasteiger partial charge in [0.25, 0.3) is 5.56 Å². The Hall–Kier alpha value is -3.45. The van der Waals surface area contributed by atoms with Crippen LogP contribution in [0.2, 0.25) is 0 Å². The summed E-state index contributed by atoms with van der Waals surface area (Å²) in [4.78, 5) is 18.4. The van der Waals surface area contributed by atoms with Crippen LogP contribution in [0.5, 0.6) is 11.5 Å². The predicted octanol–water partition coefficient (Wildman–Crippen LogP) is 7.38. The number of fused-ring (bicyclic) bond motifs is 1. The third-order valence-electron chi connectivity index (χ3n) is 6.90. The number of halogens is 1. The zero-order chi connectivity index (χ0) is 26.5. The van der Waals surface area contributed by atoms with Crippen molar-refractivity contribution in [2.45, 2.75) is 58.5 Å². The van der Waals surface area contributed by atoms with Gasteiger partial charge in [0.1, 0.15) is 12.4 Å². The SMILES string of the molecule is CCOc1cc(C=Nn2c(C3CCCCC3)nc3ccccc3c2=O)c(Br)cc1OCc1cccc(C)c1. The third-order valence-corrected chi connectivity index (χ3v) is 7.59. The fourth-order valence-corrected chi connectivity index (χ4v) is 5.42. The Morgan fingerprint density at radius 2 is 1.82 bits per heavy atom. The molecule has 0 radical (unpaired) electrons. The van der Waals surface area contributed by atoms with Crippen LogP contribution in [0.15, 0.2) is 75.0 Å². The first-order chi connectivity index (χ1) is 18.5. The van der Waals surface area contributed by atoms with Crippen LogP contribution in [0, 0.1) is 6.92 Å². The Labute approximate surface area is 231 Å². The van der Waals surface area contributed by atoms with E-state index in [-0.39, 0.29) is 11.5 Å². The number of nitrogens with zero attached hydrogens (tertiary/aromatic N) is 3. The molecule has 6 nitrogen and oxygen atoms in total. The van der Waals surface area contributed by atoms with Gasteiger partial charge in [-0.2, -0.15) is 9.78 Å². The van der Waals surface area contributed by atoms with Crippen molar-refractivity contribution in [3.8, 4) is 11.5 Å². The fourth-order valence-electron chi connectivity index (χ4n) is 4.99. The predicted molar refractivity (Wildman–Crippen MR) is 156 cm³/mol. The average Bonchev–Trinajstić information content (AvgIpc) is 2.93. The molecule has 1 aliphatic carbocycles. The van der Waals surface area contributed by atoms with E-state index in [0.717, 1.165) is 52.6 Å². The van der Waals surface area contributed by atoms with Crippen molar-refractivity contribution >= 4 is 33.0 Å². The summed E-state index contributed by atoms with van der Waals surface area (Å²) in [6, 6.07) is 19.5. The summed E-state index contributed by atoms with van der Waals surface area (Å²) in [5.41, 5.74) is 3.64. The molecule has 1 aliphatic rings. The maximum Gasteiger partial charge on any atom is 0.282 e. The molecule has 0 N–H and O–H groups in total. The molecule has 1 fully saturated rings. The van der Waals surface area contributed by atoms with E-state index < -0.39 is 0 Å². The first-order valence-electron chi connectivity index (χ1n) is 13.2. The molecule has 196 valence electrons. The Kier molecular flexibility index (Phi) is 8.23. The van der Waals surface area contributed by atoms with Gasteiger partial charge in [-0.1, -0.05) is 61.2 Å². The number of para-hydroxylation sites is 1.